The molecular weight excluding hydrogens is 398 g/mol. The summed E-state index contributed by atoms with van der Waals surface area (Å²) in [7, 11) is -3.65. The summed E-state index contributed by atoms with van der Waals surface area (Å²) in [6, 6.07) is 9.29. The summed E-state index contributed by atoms with van der Waals surface area (Å²) in [6.45, 7) is 4.81. The van der Waals surface area contributed by atoms with Crippen molar-refractivity contribution in [1.29, 1.82) is 0 Å². The van der Waals surface area contributed by atoms with Crippen molar-refractivity contribution in [2.45, 2.75) is 31.1 Å². The van der Waals surface area contributed by atoms with Crippen molar-refractivity contribution in [3.8, 4) is 0 Å². The normalized spacial score (nSPS) is 16.6. The molecule has 0 unspecified atom stereocenters. The standard InChI is InChI=1S/C19H23N3O6S/c1-3-14(2)15-4-6-16(7-5-15)29(26,27)21-12-10-20(11-13-21)19(23)17-8-9-18(28-17)22(24)25/h4-9,14H,3,10-13H2,1-2H3/t14-/m1/s1. The van der Waals surface area contributed by atoms with E-state index in [1.807, 2.05) is 12.1 Å². The molecule has 1 amide bonds. The van der Waals surface area contributed by atoms with Gasteiger partial charge in [0, 0.05) is 26.2 Å². The molecule has 0 radical (unpaired) electrons. The van der Waals surface area contributed by atoms with E-state index in [9.17, 15) is 23.3 Å². The van der Waals surface area contributed by atoms with Gasteiger partial charge in [-0.1, -0.05) is 26.0 Å². The van der Waals surface area contributed by atoms with Gasteiger partial charge in [-0.15, -0.1) is 0 Å². The Kier molecular flexibility index (Phi) is 6.04. The van der Waals surface area contributed by atoms with Crippen molar-refractivity contribution in [2.75, 3.05) is 26.2 Å². The van der Waals surface area contributed by atoms with Gasteiger partial charge in [-0.25, -0.2) is 8.42 Å². The van der Waals surface area contributed by atoms with Crippen LogP contribution in [0.2, 0.25) is 0 Å². The molecule has 1 aromatic carbocycles. The molecule has 0 aliphatic carbocycles. The highest BCUT2D eigenvalue weighted by molar-refractivity contribution is 7.89. The second-order valence-corrected chi connectivity index (χ2v) is 8.91. The first-order chi connectivity index (χ1) is 13.7. The lowest BCUT2D eigenvalue weighted by Crippen LogP contribution is -2.50. The minimum atomic E-state index is -3.65. The zero-order valence-corrected chi connectivity index (χ0v) is 17.1. The molecule has 0 bridgehead atoms. The number of benzene rings is 1. The van der Waals surface area contributed by atoms with Gasteiger partial charge in [0.25, 0.3) is 5.91 Å². The van der Waals surface area contributed by atoms with Crippen molar-refractivity contribution in [1.82, 2.24) is 9.21 Å². The fourth-order valence-electron chi connectivity index (χ4n) is 3.18. The van der Waals surface area contributed by atoms with Crippen LogP contribution in [0.15, 0.2) is 45.7 Å². The monoisotopic (exact) mass is 421 g/mol. The Hall–Kier alpha value is -2.72. The Morgan fingerprint density at radius 2 is 1.76 bits per heavy atom. The molecule has 1 aromatic heterocycles. The zero-order valence-electron chi connectivity index (χ0n) is 16.3. The van der Waals surface area contributed by atoms with Gasteiger partial charge >= 0.3 is 5.88 Å². The van der Waals surface area contributed by atoms with E-state index in [0.29, 0.717) is 5.92 Å². The summed E-state index contributed by atoms with van der Waals surface area (Å²) in [4.78, 5) is 24.1. The third kappa shape index (κ3) is 4.33. The Morgan fingerprint density at radius 3 is 2.28 bits per heavy atom. The van der Waals surface area contributed by atoms with Crippen LogP contribution in [0.4, 0.5) is 5.88 Å². The predicted octanol–water partition coefficient (Wildman–Crippen LogP) is 2.85. The summed E-state index contributed by atoms with van der Waals surface area (Å²) in [6.07, 6.45) is 0.973. The molecule has 1 aliphatic heterocycles. The molecule has 9 nitrogen and oxygen atoms in total. The molecule has 0 spiro atoms. The van der Waals surface area contributed by atoms with Crippen molar-refractivity contribution in [3.63, 3.8) is 0 Å². The van der Waals surface area contributed by atoms with Crippen LogP contribution >= 0.6 is 0 Å². The van der Waals surface area contributed by atoms with Gasteiger partial charge in [-0.05, 0) is 36.1 Å². The van der Waals surface area contributed by atoms with Gasteiger partial charge in [0.1, 0.15) is 4.92 Å². The van der Waals surface area contributed by atoms with Gasteiger partial charge in [-0.2, -0.15) is 4.31 Å². The number of piperazine rings is 1. The Morgan fingerprint density at radius 1 is 1.14 bits per heavy atom. The summed E-state index contributed by atoms with van der Waals surface area (Å²) in [5.41, 5.74) is 1.09. The molecule has 1 atom stereocenters. The number of carbonyl (C=O) groups is 1. The number of amides is 1. The minimum absolute atomic E-state index is 0.131. The second-order valence-electron chi connectivity index (χ2n) is 6.97. The second kappa shape index (κ2) is 8.34. The fourth-order valence-corrected chi connectivity index (χ4v) is 4.60. The molecule has 156 valence electrons. The molecule has 1 fully saturated rings. The number of nitrogens with zero attached hydrogens (tertiary/aromatic N) is 3. The van der Waals surface area contributed by atoms with E-state index in [1.54, 1.807) is 12.1 Å². The molecule has 2 heterocycles. The van der Waals surface area contributed by atoms with Gasteiger partial charge < -0.3 is 9.32 Å². The van der Waals surface area contributed by atoms with E-state index in [-0.39, 0.29) is 36.8 Å². The highest BCUT2D eigenvalue weighted by Crippen LogP contribution is 2.24. The molecular formula is C19H23N3O6S. The largest absolute Gasteiger partial charge is 0.433 e. The van der Waals surface area contributed by atoms with Gasteiger partial charge in [-0.3, -0.25) is 14.9 Å². The van der Waals surface area contributed by atoms with E-state index < -0.39 is 26.7 Å². The molecule has 0 N–H and O–H groups in total. The van der Waals surface area contributed by atoms with Gasteiger partial charge in [0.15, 0.2) is 5.76 Å². The number of sulfonamides is 1. The maximum Gasteiger partial charge on any atom is 0.433 e. The lowest BCUT2D eigenvalue weighted by molar-refractivity contribution is -0.402. The number of furan rings is 1. The van der Waals surface area contributed by atoms with Gasteiger partial charge in [0.2, 0.25) is 10.0 Å². The summed E-state index contributed by atoms with van der Waals surface area (Å²) in [5, 5.41) is 10.7. The van der Waals surface area contributed by atoms with Crippen molar-refractivity contribution in [3.05, 3.63) is 57.8 Å². The maximum atomic E-state index is 12.9. The number of nitro groups is 1. The Balaban J connectivity index is 1.66. The lowest BCUT2D eigenvalue weighted by atomic mass is 9.99. The number of hydrogen-bond acceptors (Lipinski definition) is 6. The lowest BCUT2D eigenvalue weighted by Gasteiger charge is -2.33. The number of rotatable bonds is 6. The van der Waals surface area contributed by atoms with Crippen LogP contribution in [-0.2, 0) is 10.0 Å². The SMILES string of the molecule is CC[C@@H](C)c1ccc(S(=O)(=O)N2CCN(C(=O)c3ccc([N+](=O)[O-])o3)CC2)cc1. The van der Waals surface area contributed by atoms with Crippen LogP contribution < -0.4 is 0 Å². The zero-order chi connectivity index (χ0) is 21.2. The van der Waals surface area contributed by atoms with E-state index in [0.717, 1.165) is 18.1 Å². The molecule has 1 saturated heterocycles. The molecule has 2 aromatic rings. The molecule has 3 rings (SSSR count). The summed E-state index contributed by atoms with van der Waals surface area (Å²) >= 11 is 0. The third-order valence-corrected chi connectivity index (χ3v) is 7.12. The van der Waals surface area contributed by atoms with Crippen LogP contribution in [0.25, 0.3) is 0 Å². The van der Waals surface area contributed by atoms with Crippen LogP contribution in [0.3, 0.4) is 0 Å². The first-order valence-electron chi connectivity index (χ1n) is 9.37. The van der Waals surface area contributed by atoms with Crippen molar-refractivity contribution >= 4 is 21.8 Å². The highest BCUT2D eigenvalue weighted by atomic mass is 32.2. The Labute approximate surface area is 169 Å². The van der Waals surface area contributed by atoms with Crippen molar-refractivity contribution < 1.29 is 22.6 Å². The molecule has 29 heavy (non-hydrogen) atoms. The number of hydrogen-bond donors (Lipinski definition) is 0. The Bertz CT molecular complexity index is 991. The summed E-state index contributed by atoms with van der Waals surface area (Å²) < 4.78 is 32.1. The quantitative estimate of drug-likeness (QED) is 0.523. The van der Waals surface area contributed by atoms with E-state index >= 15 is 0 Å². The molecule has 0 saturated carbocycles. The fraction of sp³-hybridized carbons (Fsp3) is 0.421. The first-order valence-corrected chi connectivity index (χ1v) is 10.8. The summed E-state index contributed by atoms with van der Waals surface area (Å²) in [5.74, 6) is -0.768. The topological polar surface area (TPSA) is 114 Å². The molecule has 10 heteroatoms. The number of carbonyl (C=O) groups excluding carboxylic acids is 1. The van der Waals surface area contributed by atoms with E-state index in [4.69, 9.17) is 4.42 Å². The first kappa shape index (κ1) is 21.0. The highest BCUT2D eigenvalue weighted by Gasteiger charge is 2.31. The maximum absolute atomic E-state index is 12.9. The average Bonchev–Trinajstić information content (AvgIpc) is 3.23. The predicted molar refractivity (Wildman–Crippen MR) is 105 cm³/mol. The minimum Gasteiger partial charge on any atom is -0.395 e. The van der Waals surface area contributed by atoms with Crippen LogP contribution in [0.5, 0.6) is 0 Å². The average molecular weight is 421 g/mol. The van der Waals surface area contributed by atoms with Crippen LogP contribution in [0, 0.1) is 10.1 Å². The van der Waals surface area contributed by atoms with Crippen molar-refractivity contribution in [2.24, 2.45) is 0 Å². The van der Waals surface area contributed by atoms with E-state index in [1.165, 1.54) is 15.3 Å². The van der Waals surface area contributed by atoms with Crippen LogP contribution in [-0.4, -0.2) is 54.6 Å². The third-order valence-electron chi connectivity index (χ3n) is 5.21. The molecule has 1 aliphatic rings. The van der Waals surface area contributed by atoms with Gasteiger partial charge in [0.05, 0.1) is 11.0 Å². The van der Waals surface area contributed by atoms with E-state index in [2.05, 4.69) is 13.8 Å². The smallest absolute Gasteiger partial charge is 0.395 e. The van der Waals surface area contributed by atoms with Crippen LogP contribution in [0.1, 0.15) is 42.3 Å².